The van der Waals surface area contributed by atoms with Crippen LogP contribution in [0.2, 0.25) is 0 Å². The molecule has 0 spiro atoms. The zero-order valence-corrected chi connectivity index (χ0v) is 10.9. The Balaban J connectivity index is 2.77. The Labute approximate surface area is 101 Å². The summed E-state index contributed by atoms with van der Waals surface area (Å²) in [6.07, 6.45) is 1.96. The molecule has 1 unspecified atom stereocenters. The average molecular weight is 263 g/mol. The molecule has 0 aromatic carbocycles. The zero-order chi connectivity index (χ0) is 13.1. The van der Waals surface area contributed by atoms with Crippen LogP contribution in [0, 0.1) is 0 Å². The first-order valence-corrected chi connectivity index (χ1v) is 6.43. The molecule has 0 amide bonds. The van der Waals surface area contributed by atoms with Crippen molar-refractivity contribution in [2.45, 2.75) is 11.1 Å². The van der Waals surface area contributed by atoms with E-state index in [-0.39, 0.29) is 18.2 Å². The molecule has 1 aromatic rings. The molecule has 17 heavy (non-hydrogen) atoms. The van der Waals surface area contributed by atoms with Crippen molar-refractivity contribution in [2.24, 2.45) is 7.05 Å². The molecule has 1 atom stereocenters. The van der Waals surface area contributed by atoms with Crippen LogP contribution in [-0.4, -0.2) is 60.8 Å². The van der Waals surface area contributed by atoms with Gasteiger partial charge in [-0.05, 0) is 0 Å². The minimum absolute atomic E-state index is 0.0350. The number of nitrogens with zero attached hydrogens (tertiary/aromatic N) is 3. The lowest BCUT2D eigenvalue weighted by Crippen LogP contribution is -2.36. The molecule has 0 fully saturated rings. The topological polar surface area (TPSA) is 84.7 Å². The van der Waals surface area contributed by atoms with Crippen molar-refractivity contribution in [3.05, 3.63) is 12.5 Å². The fourth-order valence-electron chi connectivity index (χ4n) is 1.32. The van der Waals surface area contributed by atoms with Crippen LogP contribution in [0.5, 0.6) is 0 Å². The highest BCUT2D eigenvalue weighted by molar-refractivity contribution is 7.89. The maximum Gasteiger partial charge on any atom is 0.261 e. The van der Waals surface area contributed by atoms with E-state index in [9.17, 15) is 13.5 Å². The van der Waals surface area contributed by atoms with Crippen molar-refractivity contribution in [1.29, 1.82) is 0 Å². The highest BCUT2D eigenvalue weighted by Gasteiger charge is 2.25. The molecule has 98 valence electrons. The van der Waals surface area contributed by atoms with E-state index in [0.29, 0.717) is 0 Å². The molecule has 8 heteroatoms. The van der Waals surface area contributed by atoms with E-state index < -0.39 is 16.1 Å². The maximum atomic E-state index is 12.0. The smallest absolute Gasteiger partial charge is 0.261 e. The molecule has 1 rings (SSSR count). The summed E-state index contributed by atoms with van der Waals surface area (Å²) in [5.41, 5.74) is 0. The van der Waals surface area contributed by atoms with Gasteiger partial charge in [-0.15, -0.1) is 0 Å². The molecular weight excluding hydrogens is 246 g/mol. The van der Waals surface area contributed by atoms with Gasteiger partial charge in [-0.1, -0.05) is 0 Å². The van der Waals surface area contributed by atoms with Gasteiger partial charge >= 0.3 is 0 Å². The largest absolute Gasteiger partial charge is 0.389 e. The van der Waals surface area contributed by atoms with Crippen molar-refractivity contribution >= 4 is 10.0 Å². The summed E-state index contributed by atoms with van der Waals surface area (Å²) in [6, 6.07) is 0. The number of aromatic nitrogens is 2. The van der Waals surface area contributed by atoms with Crippen LogP contribution in [0.25, 0.3) is 0 Å². The van der Waals surface area contributed by atoms with Crippen molar-refractivity contribution in [2.75, 3.05) is 27.3 Å². The fraction of sp³-hybridized carbons (Fsp3) is 0.667. The summed E-state index contributed by atoms with van der Waals surface area (Å²) in [7, 11) is 0.873. The number of hydrogen-bond donors (Lipinski definition) is 1. The second-order valence-corrected chi connectivity index (χ2v) is 5.76. The predicted octanol–water partition coefficient (Wildman–Crippen LogP) is -0.952. The van der Waals surface area contributed by atoms with E-state index in [1.165, 1.54) is 26.7 Å². The third kappa shape index (κ3) is 3.50. The highest BCUT2D eigenvalue weighted by atomic mass is 32.2. The lowest BCUT2D eigenvalue weighted by molar-refractivity contribution is 0.0554. The number of aliphatic hydroxyl groups is 1. The van der Waals surface area contributed by atoms with Crippen LogP contribution in [0.4, 0.5) is 0 Å². The molecule has 0 aliphatic heterocycles. The third-order valence-electron chi connectivity index (χ3n) is 2.18. The molecule has 7 nitrogen and oxygen atoms in total. The Bertz CT molecular complexity index is 457. The molecule has 1 aromatic heterocycles. The number of likely N-dealkylation sites (N-methyl/N-ethyl adjacent to an activating group) is 1. The van der Waals surface area contributed by atoms with Gasteiger partial charge in [-0.25, -0.2) is 13.4 Å². The van der Waals surface area contributed by atoms with Crippen LogP contribution >= 0.6 is 0 Å². The molecule has 0 aliphatic carbocycles. The van der Waals surface area contributed by atoms with Crippen molar-refractivity contribution in [3.63, 3.8) is 0 Å². The van der Waals surface area contributed by atoms with Crippen LogP contribution < -0.4 is 0 Å². The number of aliphatic hydroxyl groups excluding tert-OH is 1. The van der Waals surface area contributed by atoms with Gasteiger partial charge in [-0.3, -0.25) is 0 Å². The lowest BCUT2D eigenvalue weighted by Gasteiger charge is -2.18. The van der Waals surface area contributed by atoms with Gasteiger partial charge in [0.1, 0.15) is 0 Å². The quantitative estimate of drug-likeness (QED) is 0.715. The molecule has 0 aliphatic rings. The number of ether oxygens (including phenoxy) is 1. The summed E-state index contributed by atoms with van der Waals surface area (Å²) in [5.74, 6) is 0. The number of hydrogen-bond acceptors (Lipinski definition) is 5. The first-order chi connectivity index (χ1) is 7.87. The van der Waals surface area contributed by atoms with E-state index in [2.05, 4.69) is 4.98 Å². The van der Waals surface area contributed by atoms with Crippen LogP contribution in [0.1, 0.15) is 0 Å². The minimum atomic E-state index is -3.65. The van der Waals surface area contributed by atoms with Gasteiger partial charge in [0.25, 0.3) is 10.0 Å². The Morgan fingerprint density at radius 3 is 2.76 bits per heavy atom. The minimum Gasteiger partial charge on any atom is -0.389 e. The summed E-state index contributed by atoms with van der Waals surface area (Å²) < 4.78 is 31.3. The molecule has 0 saturated heterocycles. The second kappa shape index (κ2) is 5.58. The second-order valence-electron chi connectivity index (χ2n) is 3.77. The van der Waals surface area contributed by atoms with Gasteiger partial charge in [0, 0.05) is 33.9 Å². The predicted molar refractivity (Wildman–Crippen MR) is 60.9 cm³/mol. The van der Waals surface area contributed by atoms with E-state index in [4.69, 9.17) is 4.74 Å². The van der Waals surface area contributed by atoms with Crippen molar-refractivity contribution in [3.8, 4) is 0 Å². The average Bonchev–Trinajstić information content (AvgIpc) is 2.65. The van der Waals surface area contributed by atoms with E-state index in [1.54, 1.807) is 11.6 Å². The number of aryl methyl sites for hydroxylation is 1. The maximum absolute atomic E-state index is 12.0. The fourth-order valence-corrected chi connectivity index (χ4v) is 2.49. The van der Waals surface area contributed by atoms with Crippen LogP contribution in [0.3, 0.4) is 0 Å². The van der Waals surface area contributed by atoms with E-state index in [0.717, 1.165) is 4.31 Å². The Morgan fingerprint density at radius 2 is 2.29 bits per heavy atom. The SMILES string of the molecule is COCC(O)CN(C)S(=O)(=O)c1cn(C)cn1. The molecule has 0 saturated carbocycles. The van der Waals surface area contributed by atoms with Crippen molar-refractivity contribution < 1.29 is 18.3 Å². The van der Waals surface area contributed by atoms with Crippen LogP contribution in [0.15, 0.2) is 17.6 Å². The Hall–Kier alpha value is -0.960. The molecule has 1 heterocycles. The first kappa shape index (κ1) is 14.1. The molecule has 0 radical (unpaired) electrons. The first-order valence-electron chi connectivity index (χ1n) is 4.99. The third-order valence-corrected chi connectivity index (χ3v) is 3.89. The van der Waals surface area contributed by atoms with Gasteiger partial charge in [-0.2, -0.15) is 4.31 Å². The molecule has 1 N–H and O–H groups in total. The zero-order valence-electron chi connectivity index (χ0n) is 10.1. The number of methoxy groups -OCH3 is 1. The monoisotopic (exact) mass is 263 g/mol. The Morgan fingerprint density at radius 1 is 1.65 bits per heavy atom. The summed E-state index contributed by atoms with van der Waals surface area (Å²) in [5, 5.41) is 9.44. The highest BCUT2D eigenvalue weighted by Crippen LogP contribution is 2.11. The van der Waals surface area contributed by atoms with Gasteiger partial charge < -0.3 is 14.4 Å². The normalized spacial score (nSPS) is 14.2. The summed E-state index contributed by atoms with van der Waals surface area (Å²) in [4.78, 5) is 3.78. The number of sulfonamides is 1. The number of rotatable bonds is 6. The summed E-state index contributed by atoms with van der Waals surface area (Å²) >= 11 is 0. The van der Waals surface area contributed by atoms with Gasteiger partial charge in [0.2, 0.25) is 0 Å². The van der Waals surface area contributed by atoms with Crippen molar-refractivity contribution in [1.82, 2.24) is 13.9 Å². The standard InChI is InChI=1S/C9H17N3O4S/c1-11-5-9(10-7-11)17(14,15)12(2)4-8(13)6-16-3/h5,7-8,13H,4,6H2,1-3H3. The van der Waals surface area contributed by atoms with E-state index >= 15 is 0 Å². The lowest BCUT2D eigenvalue weighted by atomic mass is 10.4. The van der Waals surface area contributed by atoms with Gasteiger partial charge in [0.05, 0.1) is 19.0 Å². The van der Waals surface area contributed by atoms with E-state index in [1.807, 2.05) is 0 Å². The summed E-state index contributed by atoms with van der Waals surface area (Å²) in [6.45, 7) is 0.0504. The van der Waals surface area contributed by atoms with Gasteiger partial charge in [0.15, 0.2) is 5.03 Å². The molecular formula is C9H17N3O4S. The molecule has 0 bridgehead atoms. The van der Waals surface area contributed by atoms with Crippen LogP contribution in [-0.2, 0) is 21.8 Å². The Kier molecular flexibility index (Phi) is 4.63. The number of imidazole rings is 1.